The summed E-state index contributed by atoms with van der Waals surface area (Å²) in [5, 5.41) is 5.03. The largest absolute Gasteiger partial charge is 0.462 e. The number of benzene rings is 2. The molecule has 0 aliphatic carbocycles. The molecule has 166 valence electrons. The predicted molar refractivity (Wildman–Crippen MR) is 115 cm³/mol. The quantitative estimate of drug-likeness (QED) is 0.503. The van der Waals surface area contributed by atoms with Gasteiger partial charge >= 0.3 is 5.97 Å². The fraction of sp³-hybridized carbons (Fsp3) is 0.286. The standard InChI is InChI=1S/C21H25N3O6S/c1-14(2)30-20(26)13-22-21(27)17-6-4-16(5-7-17)12-23-31(28,29)19-10-8-18(9-11-19)24-15(3)25/h4-11,14,23H,12-13H2,1-3H3,(H,22,27)(H,24,25). The third kappa shape index (κ3) is 7.83. The van der Waals surface area contributed by atoms with E-state index < -0.39 is 21.9 Å². The Labute approximate surface area is 181 Å². The van der Waals surface area contributed by atoms with Crippen molar-refractivity contribution < 1.29 is 27.5 Å². The number of nitrogens with one attached hydrogen (secondary N) is 3. The number of ether oxygens (including phenoxy) is 1. The van der Waals surface area contributed by atoms with E-state index in [2.05, 4.69) is 15.4 Å². The molecule has 0 spiro atoms. The Bertz CT molecular complexity index is 1030. The molecule has 0 aromatic heterocycles. The summed E-state index contributed by atoms with van der Waals surface area (Å²) in [5.74, 6) is -1.21. The molecule has 10 heteroatoms. The molecule has 9 nitrogen and oxygen atoms in total. The zero-order valence-electron chi connectivity index (χ0n) is 17.5. The fourth-order valence-electron chi connectivity index (χ4n) is 2.52. The number of anilines is 1. The molecule has 0 bridgehead atoms. The number of rotatable bonds is 9. The van der Waals surface area contributed by atoms with Gasteiger partial charge in [0.15, 0.2) is 0 Å². The molecule has 0 aliphatic rings. The zero-order chi connectivity index (χ0) is 23.0. The SMILES string of the molecule is CC(=O)Nc1ccc(S(=O)(=O)NCc2ccc(C(=O)NCC(=O)OC(C)C)cc2)cc1. The van der Waals surface area contributed by atoms with Crippen molar-refractivity contribution >= 4 is 33.5 Å². The van der Waals surface area contributed by atoms with E-state index in [1.807, 2.05) is 0 Å². The lowest BCUT2D eigenvalue weighted by molar-refractivity contribution is -0.146. The maximum absolute atomic E-state index is 12.4. The van der Waals surface area contributed by atoms with Crippen molar-refractivity contribution in [3.8, 4) is 0 Å². The first-order valence-corrected chi connectivity index (χ1v) is 11.0. The van der Waals surface area contributed by atoms with Crippen LogP contribution in [0, 0.1) is 0 Å². The van der Waals surface area contributed by atoms with Crippen LogP contribution in [0.2, 0.25) is 0 Å². The average Bonchev–Trinajstić information content (AvgIpc) is 2.70. The van der Waals surface area contributed by atoms with Crippen LogP contribution in [-0.2, 0) is 30.9 Å². The summed E-state index contributed by atoms with van der Waals surface area (Å²) in [7, 11) is -3.75. The van der Waals surface area contributed by atoms with Crippen LogP contribution < -0.4 is 15.4 Å². The highest BCUT2D eigenvalue weighted by Crippen LogP contribution is 2.14. The predicted octanol–water partition coefficient (Wildman–Crippen LogP) is 1.80. The summed E-state index contributed by atoms with van der Waals surface area (Å²) in [6.45, 7) is 4.58. The van der Waals surface area contributed by atoms with Gasteiger partial charge in [-0.1, -0.05) is 12.1 Å². The number of amides is 2. The molecule has 2 amide bonds. The van der Waals surface area contributed by atoms with Gasteiger partial charge in [-0.2, -0.15) is 0 Å². The molecule has 0 saturated carbocycles. The molecule has 0 heterocycles. The van der Waals surface area contributed by atoms with E-state index >= 15 is 0 Å². The minimum Gasteiger partial charge on any atom is -0.462 e. The second-order valence-corrected chi connectivity index (χ2v) is 8.72. The van der Waals surface area contributed by atoms with Gasteiger partial charge in [-0.25, -0.2) is 13.1 Å². The zero-order valence-corrected chi connectivity index (χ0v) is 18.3. The van der Waals surface area contributed by atoms with E-state index in [9.17, 15) is 22.8 Å². The molecule has 31 heavy (non-hydrogen) atoms. The van der Waals surface area contributed by atoms with Gasteiger partial charge in [-0.15, -0.1) is 0 Å². The van der Waals surface area contributed by atoms with Crippen molar-refractivity contribution in [2.75, 3.05) is 11.9 Å². The summed E-state index contributed by atoms with van der Waals surface area (Å²) in [6, 6.07) is 12.1. The number of carbonyl (C=O) groups excluding carboxylic acids is 3. The third-order valence-corrected chi connectivity index (χ3v) is 5.34. The first kappa shape index (κ1) is 24.0. The first-order valence-electron chi connectivity index (χ1n) is 9.51. The van der Waals surface area contributed by atoms with Crippen LogP contribution >= 0.6 is 0 Å². The Balaban J connectivity index is 1.91. The molecule has 2 rings (SSSR count). The molecule has 2 aromatic rings. The Morgan fingerprint density at radius 1 is 0.968 bits per heavy atom. The van der Waals surface area contributed by atoms with Gasteiger partial charge in [0, 0.05) is 24.7 Å². The van der Waals surface area contributed by atoms with Crippen LogP contribution in [0.15, 0.2) is 53.4 Å². The number of hydrogen-bond donors (Lipinski definition) is 3. The lowest BCUT2D eigenvalue weighted by Crippen LogP contribution is -2.31. The van der Waals surface area contributed by atoms with Gasteiger partial charge in [0.25, 0.3) is 5.91 Å². The van der Waals surface area contributed by atoms with Gasteiger partial charge in [0.05, 0.1) is 11.0 Å². The topological polar surface area (TPSA) is 131 Å². The monoisotopic (exact) mass is 447 g/mol. The molecule has 3 N–H and O–H groups in total. The van der Waals surface area contributed by atoms with Crippen molar-refractivity contribution in [3.63, 3.8) is 0 Å². The van der Waals surface area contributed by atoms with Crippen LogP contribution in [0.1, 0.15) is 36.7 Å². The van der Waals surface area contributed by atoms with Crippen molar-refractivity contribution in [3.05, 3.63) is 59.7 Å². The second-order valence-electron chi connectivity index (χ2n) is 6.95. The van der Waals surface area contributed by atoms with Crippen LogP contribution in [0.5, 0.6) is 0 Å². The number of esters is 1. The normalized spacial score (nSPS) is 11.1. The van der Waals surface area contributed by atoms with Gasteiger partial charge in [0.1, 0.15) is 6.54 Å². The van der Waals surface area contributed by atoms with Crippen molar-refractivity contribution in [1.29, 1.82) is 0 Å². The number of sulfonamides is 1. The summed E-state index contributed by atoms with van der Waals surface area (Å²) < 4.78 is 32.3. The molecule has 0 aliphatic heterocycles. The van der Waals surface area contributed by atoms with E-state index in [1.54, 1.807) is 26.0 Å². The van der Waals surface area contributed by atoms with Crippen LogP contribution in [0.25, 0.3) is 0 Å². The van der Waals surface area contributed by atoms with Gasteiger partial charge in [-0.05, 0) is 55.8 Å². The molecular formula is C21H25N3O6S. The van der Waals surface area contributed by atoms with E-state index in [0.717, 1.165) is 0 Å². The highest BCUT2D eigenvalue weighted by Gasteiger charge is 2.14. The Morgan fingerprint density at radius 2 is 1.58 bits per heavy atom. The minimum atomic E-state index is -3.75. The summed E-state index contributed by atoms with van der Waals surface area (Å²) in [4.78, 5) is 34.7. The highest BCUT2D eigenvalue weighted by atomic mass is 32.2. The molecular weight excluding hydrogens is 422 g/mol. The van der Waals surface area contributed by atoms with Crippen LogP contribution in [-0.4, -0.2) is 38.9 Å². The summed E-state index contributed by atoms with van der Waals surface area (Å²) in [5.41, 5.74) is 1.48. The molecule has 2 aromatic carbocycles. The fourth-order valence-corrected chi connectivity index (χ4v) is 3.53. The maximum atomic E-state index is 12.4. The van der Waals surface area contributed by atoms with Crippen molar-refractivity contribution in [2.45, 2.75) is 38.3 Å². The maximum Gasteiger partial charge on any atom is 0.325 e. The van der Waals surface area contributed by atoms with Crippen molar-refractivity contribution in [1.82, 2.24) is 10.0 Å². The molecule has 0 unspecified atom stereocenters. The highest BCUT2D eigenvalue weighted by molar-refractivity contribution is 7.89. The first-order chi connectivity index (χ1) is 14.6. The molecule has 0 fully saturated rings. The van der Waals surface area contributed by atoms with Crippen LogP contribution in [0.4, 0.5) is 5.69 Å². The van der Waals surface area contributed by atoms with E-state index in [-0.39, 0.29) is 30.0 Å². The molecule has 0 atom stereocenters. The lowest BCUT2D eigenvalue weighted by Gasteiger charge is -2.10. The third-order valence-electron chi connectivity index (χ3n) is 3.93. The average molecular weight is 448 g/mol. The Hall–Kier alpha value is -3.24. The summed E-state index contributed by atoms with van der Waals surface area (Å²) in [6.07, 6.45) is -0.261. The molecule has 0 radical (unpaired) electrons. The van der Waals surface area contributed by atoms with E-state index in [1.165, 1.54) is 43.3 Å². The Morgan fingerprint density at radius 3 is 2.13 bits per heavy atom. The second kappa shape index (κ2) is 10.7. The van der Waals surface area contributed by atoms with Crippen molar-refractivity contribution in [2.24, 2.45) is 0 Å². The lowest BCUT2D eigenvalue weighted by atomic mass is 10.1. The summed E-state index contributed by atoms with van der Waals surface area (Å²) >= 11 is 0. The number of carbonyl (C=O) groups is 3. The van der Waals surface area contributed by atoms with E-state index in [4.69, 9.17) is 4.74 Å². The van der Waals surface area contributed by atoms with Gasteiger partial charge in [-0.3, -0.25) is 14.4 Å². The van der Waals surface area contributed by atoms with Crippen LogP contribution in [0.3, 0.4) is 0 Å². The smallest absolute Gasteiger partial charge is 0.325 e. The van der Waals surface area contributed by atoms with E-state index in [0.29, 0.717) is 16.8 Å². The minimum absolute atomic E-state index is 0.0262. The Kier molecular flexibility index (Phi) is 8.29. The molecule has 0 saturated heterocycles. The van der Waals surface area contributed by atoms with Gasteiger partial charge in [0.2, 0.25) is 15.9 Å². The van der Waals surface area contributed by atoms with Gasteiger partial charge < -0.3 is 15.4 Å². The number of hydrogen-bond acceptors (Lipinski definition) is 6.